The molecule has 0 aliphatic rings. The van der Waals surface area contributed by atoms with Crippen molar-refractivity contribution in [1.29, 1.82) is 5.53 Å². The lowest BCUT2D eigenvalue weighted by atomic mass is 10.3. The number of benzene rings is 1. The number of aromatic nitrogens is 1. The highest BCUT2D eigenvalue weighted by Gasteiger charge is 2.32. The molecule has 1 aromatic heterocycles. The van der Waals surface area contributed by atoms with Crippen molar-refractivity contribution in [2.24, 2.45) is 5.11 Å². The van der Waals surface area contributed by atoms with Gasteiger partial charge in [-0.15, -0.1) is 0 Å². The Labute approximate surface area is 165 Å². The molecule has 0 fully saturated rings. The van der Waals surface area contributed by atoms with E-state index in [1.54, 1.807) is 18.2 Å². The Morgan fingerprint density at radius 2 is 2.04 bits per heavy atom. The number of hydrogen-bond acceptors (Lipinski definition) is 6. The van der Waals surface area contributed by atoms with Crippen LogP contribution in [0.1, 0.15) is 19.5 Å². The summed E-state index contributed by atoms with van der Waals surface area (Å²) in [4.78, 5) is 3.29. The molecule has 0 aliphatic carbocycles. The van der Waals surface area contributed by atoms with Crippen molar-refractivity contribution in [2.75, 3.05) is 17.2 Å². The predicted molar refractivity (Wildman–Crippen MR) is 102 cm³/mol. The van der Waals surface area contributed by atoms with Gasteiger partial charge in [0.05, 0.1) is 23.4 Å². The summed E-state index contributed by atoms with van der Waals surface area (Å²) in [5.41, 5.74) is 7.36. The highest BCUT2D eigenvalue weighted by molar-refractivity contribution is 6.32. The topological polar surface area (TPSA) is 82.4 Å². The number of rotatable bonds is 8. The number of nitrogens with one attached hydrogen (secondary N) is 3. The molecule has 0 unspecified atom stereocenters. The van der Waals surface area contributed by atoms with Crippen LogP contribution in [-0.2, 0) is 6.18 Å². The number of hydrogen-bond donors (Lipinski definition) is 3. The first-order chi connectivity index (χ1) is 13.2. The zero-order chi connectivity index (χ0) is 20.7. The van der Waals surface area contributed by atoms with Crippen LogP contribution in [0.4, 0.5) is 24.5 Å². The van der Waals surface area contributed by atoms with Crippen LogP contribution in [0.3, 0.4) is 0 Å². The maximum Gasteiger partial charge on any atom is 0.433 e. The average molecular weight is 414 g/mol. The molecule has 0 saturated carbocycles. The van der Waals surface area contributed by atoms with Crippen LogP contribution < -0.4 is 15.4 Å². The van der Waals surface area contributed by atoms with Gasteiger partial charge in [-0.1, -0.05) is 11.6 Å². The Bertz CT molecular complexity index is 855. The SMILES string of the molecule is CC(C)Oc1ccc(N/C=C(/CNc2ccnc(C(F)(F)F)c2)N=N)cc1Cl. The van der Waals surface area contributed by atoms with Crippen molar-refractivity contribution in [3.8, 4) is 5.75 Å². The molecule has 6 nitrogen and oxygen atoms in total. The molecule has 28 heavy (non-hydrogen) atoms. The van der Waals surface area contributed by atoms with Crippen LogP contribution in [0.5, 0.6) is 5.75 Å². The van der Waals surface area contributed by atoms with E-state index in [1.807, 2.05) is 13.8 Å². The van der Waals surface area contributed by atoms with Crippen LogP contribution in [0.2, 0.25) is 5.02 Å². The Kier molecular flexibility index (Phi) is 7.22. The fourth-order valence-corrected chi connectivity index (χ4v) is 2.34. The molecule has 0 saturated heterocycles. The van der Waals surface area contributed by atoms with Gasteiger partial charge in [-0.3, -0.25) is 4.98 Å². The summed E-state index contributed by atoms with van der Waals surface area (Å²) >= 11 is 6.16. The van der Waals surface area contributed by atoms with Gasteiger partial charge < -0.3 is 15.4 Å². The van der Waals surface area contributed by atoms with E-state index >= 15 is 0 Å². The van der Waals surface area contributed by atoms with E-state index in [0.717, 1.165) is 12.3 Å². The monoisotopic (exact) mass is 413 g/mol. The molecule has 1 heterocycles. The first-order valence-electron chi connectivity index (χ1n) is 8.25. The molecule has 2 rings (SSSR count). The van der Waals surface area contributed by atoms with E-state index in [1.165, 1.54) is 12.3 Å². The van der Waals surface area contributed by atoms with Crippen molar-refractivity contribution in [3.63, 3.8) is 0 Å². The standard InChI is InChI=1S/C18H19ClF3N5O/c1-11(2)28-16-4-3-12(7-15(16)19)25-9-14(27-23)10-26-13-5-6-24-17(8-13)18(20,21)22/h3-9,11,23,25H,10H2,1-2H3,(H,24,26)/b14-9-,27-23?. The molecular weight excluding hydrogens is 395 g/mol. The fourth-order valence-electron chi connectivity index (χ4n) is 2.12. The summed E-state index contributed by atoms with van der Waals surface area (Å²) in [6.07, 6.45) is -2.02. The lowest BCUT2D eigenvalue weighted by Gasteiger charge is -2.12. The van der Waals surface area contributed by atoms with E-state index in [2.05, 4.69) is 20.7 Å². The molecule has 0 radical (unpaired) electrons. The molecule has 2 aromatic rings. The van der Waals surface area contributed by atoms with Gasteiger partial charge in [0.1, 0.15) is 11.4 Å². The number of pyridine rings is 1. The van der Waals surface area contributed by atoms with Crippen molar-refractivity contribution in [3.05, 3.63) is 59.1 Å². The first-order valence-corrected chi connectivity index (χ1v) is 8.63. The molecule has 0 aliphatic heterocycles. The summed E-state index contributed by atoms with van der Waals surface area (Å²) < 4.78 is 43.6. The third kappa shape index (κ3) is 6.41. The molecule has 1 aromatic carbocycles. The second kappa shape index (κ2) is 9.41. The summed E-state index contributed by atoms with van der Waals surface area (Å²) in [6, 6.07) is 7.40. The van der Waals surface area contributed by atoms with Crippen LogP contribution in [0, 0.1) is 5.53 Å². The van der Waals surface area contributed by atoms with E-state index in [-0.39, 0.29) is 24.0 Å². The molecule has 0 amide bonds. The van der Waals surface area contributed by atoms with Gasteiger partial charge in [-0.2, -0.15) is 18.3 Å². The number of anilines is 2. The second-order valence-corrected chi connectivity index (χ2v) is 6.39. The maximum atomic E-state index is 12.7. The fraction of sp³-hybridized carbons (Fsp3) is 0.278. The molecule has 150 valence electrons. The molecule has 10 heteroatoms. The third-order valence-electron chi connectivity index (χ3n) is 3.37. The summed E-state index contributed by atoms with van der Waals surface area (Å²) in [5.74, 6) is 0.552. The van der Waals surface area contributed by atoms with E-state index in [4.69, 9.17) is 21.9 Å². The largest absolute Gasteiger partial charge is 0.489 e. The van der Waals surface area contributed by atoms with Gasteiger partial charge in [0.15, 0.2) is 0 Å². The molecular formula is C18H19ClF3N5O. The molecule has 0 atom stereocenters. The smallest absolute Gasteiger partial charge is 0.433 e. The van der Waals surface area contributed by atoms with E-state index < -0.39 is 11.9 Å². The summed E-state index contributed by atoms with van der Waals surface area (Å²) in [6.45, 7) is 3.82. The zero-order valence-corrected chi connectivity index (χ0v) is 15.9. The predicted octanol–water partition coefficient (Wildman–Crippen LogP) is 5.94. The van der Waals surface area contributed by atoms with Crippen LogP contribution in [-0.4, -0.2) is 17.6 Å². The molecule has 3 N–H and O–H groups in total. The van der Waals surface area contributed by atoms with E-state index in [9.17, 15) is 13.2 Å². The lowest BCUT2D eigenvalue weighted by Crippen LogP contribution is -2.10. The summed E-state index contributed by atoms with van der Waals surface area (Å²) in [7, 11) is 0. The number of nitrogens with zero attached hydrogens (tertiary/aromatic N) is 2. The van der Waals surface area contributed by atoms with Gasteiger partial charge in [0.25, 0.3) is 0 Å². The third-order valence-corrected chi connectivity index (χ3v) is 3.66. The van der Waals surface area contributed by atoms with Crippen molar-refractivity contribution < 1.29 is 17.9 Å². The van der Waals surface area contributed by atoms with Crippen LogP contribution in [0.15, 0.2) is 53.5 Å². The van der Waals surface area contributed by atoms with Gasteiger partial charge in [0.2, 0.25) is 0 Å². The molecule has 0 spiro atoms. The van der Waals surface area contributed by atoms with Gasteiger partial charge >= 0.3 is 6.18 Å². The Morgan fingerprint density at radius 1 is 1.29 bits per heavy atom. The Balaban J connectivity index is 2.01. The minimum Gasteiger partial charge on any atom is -0.489 e. The first kappa shape index (κ1) is 21.5. The molecule has 0 bridgehead atoms. The van der Waals surface area contributed by atoms with Gasteiger partial charge in [-0.05, 0) is 44.2 Å². The van der Waals surface area contributed by atoms with Gasteiger partial charge in [0, 0.05) is 23.8 Å². The van der Waals surface area contributed by atoms with Crippen molar-refractivity contribution >= 4 is 23.0 Å². The number of halogens is 4. The Morgan fingerprint density at radius 3 is 2.64 bits per heavy atom. The quantitative estimate of drug-likeness (QED) is 0.468. The highest BCUT2D eigenvalue weighted by Crippen LogP contribution is 2.29. The minimum absolute atomic E-state index is 0.0120. The van der Waals surface area contributed by atoms with E-state index in [0.29, 0.717) is 16.5 Å². The number of alkyl halides is 3. The van der Waals surface area contributed by atoms with Gasteiger partial charge in [-0.25, -0.2) is 5.53 Å². The summed E-state index contributed by atoms with van der Waals surface area (Å²) in [5, 5.41) is 9.50. The maximum absolute atomic E-state index is 12.7. The second-order valence-electron chi connectivity index (χ2n) is 5.98. The highest BCUT2D eigenvalue weighted by atomic mass is 35.5. The van der Waals surface area contributed by atoms with Crippen molar-refractivity contribution in [2.45, 2.75) is 26.1 Å². The van der Waals surface area contributed by atoms with Crippen LogP contribution >= 0.6 is 11.6 Å². The minimum atomic E-state index is -4.53. The lowest BCUT2D eigenvalue weighted by molar-refractivity contribution is -0.141. The zero-order valence-electron chi connectivity index (χ0n) is 15.1. The average Bonchev–Trinajstić information content (AvgIpc) is 2.63. The Hall–Kier alpha value is -2.81. The number of ether oxygens (including phenoxy) is 1. The van der Waals surface area contributed by atoms with Crippen LogP contribution in [0.25, 0.3) is 0 Å². The normalized spacial score (nSPS) is 12.0. The van der Waals surface area contributed by atoms with Crippen molar-refractivity contribution in [1.82, 2.24) is 4.98 Å².